The third-order valence-corrected chi connectivity index (χ3v) is 22.9. The summed E-state index contributed by atoms with van der Waals surface area (Å²) in [6.07, 6.45) is -21.8. The Morgan fingerprint density at radius 1 is 0.752 bits per heavy atom. The van der Waals surface area contributed by atoms with Gasteiger partial charge in [-0.25, -0.2) is 5.01 Å². The van der Waals surface area contributed by atoms with Crippen LogP contribution in [0.1, 0.15) is 160 Å². The number of ketones is 3. The van der Waals surface area contributed by atoms with Crippen molar-refractivity contribution in [2.75, 3.05) is 20.7 Å². The number of nitrogens with zero attached hydrogens (tertiary/aromatic N) is 2. The minimum absolute atomic E-state index is 0.0404. The van der Waals surface area contributed by atoms with Crippen molar-refractivity contribution >= 4 is 76.0 Å². The number of Topliss-reactive ketones (excluding diaryl/α,β-unsaturated/α-hetero) is 3. The molecule has 2 fully saturated rings. The smallest absolute Gasteiger partial charge is 0.394 e. The average Bonchev–Trinajstić information content (AvgIpc) is 0.763. The zero-order chi connectivity index (χ0) is 90.7. The second kappa shape index (κ2) is 38.8. The van der Waals surface area contributed by atoms with Crippen LogP contribution in [-0.4, -0.2) is 202 Å². The van der Waals surface area contributed by atoms with Crippen molar-refractivity contribution in [2.24, 2.45) is 23.5 Å². The molecular formula is C87H97Cl2F2N9O25. The number of phenols is 3. The number of amides is 6. The number of aliphatic hydroxyl groups is 6. The molecule has 7 aromatic rings. The highest BCUT2D eigenvalue weighted by atomic mass is 35.5. The minimum Gasteiger partial charge on any atom is -0.508 e. The predicted molar refractivity (Wildman–Crippen MR) is 440 cm³/mol. The number of aliphatic hydroxyl groups excluding tert-OH is 6. The summed E-state index contributed by atoms with van der Waals surface area (Å²) in [4.78, 5) is 139. The second-order valence-corrected chi connectivity index (χ2v) is 33.4. The molecule has 7 aliphatic rings. The van der Waals surface area contributed by atoms with Gasteiger partial charge in [-0.15, -0.1) is 0 Å². The summed E-state index contributed by atoms with van der Waals surface area (Å²) in [5, 5.41) is 121. The molecule has 1 aromatic heterocycles. The summed E-state index contributed by atoms with van der Waals surface area (Å²) < 4.78 is 71.9. The molecule has 0 aliphatic carbocycles. The van der Waals surface area contributed by atoms with Crippen molar-refractivity contribution in [2.45, 2.75) is 196 Å². The molecule has 18 unspecified atom stereocenters. The molecule has 14 rings (SSSR count). The lowest BCUT2D eigenvalue weighted by Crippen LogP contribution is -2.65. The molecule has 11 bridgehead atoms. The van der Waals surface area contributed by atoms with E-state index in [0.29, 0.717) is 24.5 Å². The molecule has 34 nitrogen and oxygen atoms in total. The first-order valence-corrected chi connectivity index (χ1v) is 40.9. The number of hydrogen-bond acceptors (Lipinski definition) is 28. The number of fused-ring (bicyclic) bond motifs is 15. The van der Waals surface area contributed by atoms with Crippen LogP contribution in [-0.2, 0) is 65.5 Å². The molecular weight excluding hydrogens is 1680 g/mol. The molecule has 38 heteroatoms. The van der Waals surface area contributed by atoms with E-state index in [4.69, 9.17) is 62.1 Å². The molecule has 18 atom stereocenters. The lowest BCUT2D eigenvalue weighted by atomic mass is 9.84. The largest absolute Gasteiger partial charge is 0.508 e. The van der Waals surface area contributed by atoms with Gasteiger partial charge in [0.05, 0.1) is 40.7 Å². The van der Waals surface area contributed by atoms with E-state index in [-0.39, 0.29) is 87.4 Å². The van der Waals surface area contributed by atoms with E-state index >= 15 is 24.0 Å². The average molecular weight is 1780 g/mol. The number of nitrogens with one attached hydrogen (secondary N) is 6. The number of pyridine rings is 1. The van der Waals surface area contributed by atoms with E-state index in [0.717, 1.165) is 48.5 Å². The first-order valence-electron chi connectivity index (χ1n) is 40.1. The van der Waals surface area contributed by atoms with E-state index in [1.54, 1.807) is 26.0 Å². The molecule has 6 amide bonds. The molecule has 2 saturated heterocycles. The minimum atomic E-state index is -3.49. The third kappa shape index (κ3) is 21.5. The maximum absolute atomic E-state index is 16.5. The highest BCUT2D eigenvalue weighted by Crippen LogP contribution is 2.51. The summed E-state index contributed by atoms with van der Waals surface area (Å²) in [5.74, 6) is -18.8. The van der Waals surface area contributed by atoms with Crippen molar-refractivity contribution in [3.05, 3.63) is 176 Å². The Hall–Kier alpha value is -11.1. The number of aromatic nitrogens is 1. The number of hydrazine groups is 1. The first kappa shape index (κ1) is 93.1. The third-order valence-electron chi connectivity index (χ3n) is 22.3. The Labute approximate surface area is 724 Å². The van der Waals surface area contributed by atoms with Gasteiger partial charge in [-0.05, 0) is 144 Å². The highest BCUT2D eigenvalue weighted by molar-refractivity contribution is 6.32. The SMILES string of the molecule is CCC(CC(C)C)C(=O)NC1C(=O)CC(CC(N)=O)C(=O)NC2C(=O)CC3C(=O)NC(C(=O)NC(C(=O)NN(C)C)c4cc(O)cc(O)c4-c4cc3ccc4O)C(O)c3ccc(c(Cl)c3)Oc3cc2cc(c3OC2OC(CO)C(O)C(O)C2OC2CC(C)(NCc3cncc(C(=O)Cc4cccc(OC(C)(F)F)c4)c3)C(O)C(C)O2)Oc2ccc(cc2Cl)C1O. The molecule has 8 heterocycles. The number of phenolic OH excluding ortho intramolecular Hbond substituents is 3. The lowest BCUT2D eigenvalue weighted by Gasteiger charge is -2.48. The molecule has 0 saturated carbocycles. The van der Waals surface area contributed by atoms with Crippen molar-refractivity contribution < 1.29 is 131 Å². The number of alkyl halides is 2. The number of ether oxygens (including phenoxy) is 7. The van der Waals surface area contributed by atoms with Crippen LogP contribution in [0, 0.1) is 17.8 Å². The number of carbonyl (C=O) groups is 9. The van der Waals surface area contributed by atoms with Gasteiger partial charge in [0.2, 0.25) is 41.6 Å². The maximum atomic E-state index is 16.5. The number of rotatable bonds is 22. The van der Waals surface area contributed by atoms with E-state index in [1.165, 1.54) is 87.0 Å². The van der Waals surface area contributed by atoms with Gasteiger partial charge >= 0.3 is 6.11 Å². The predicted octanol–water partition coefficient (Wildman–Crippen LogP) is 6.67. The van der Waals surface area contributed by atoms with Crippen molar-refractivity contribution in [3.8, 4) is 62.9 Å². The lowest BCUT2D eigenvalue weighted by molar-refractivity contribution is -0.334. The number of benzene rings is 6. The first-order chi connectivity index (χ1) is 59.1. The van der Waals surface area contributed by atoms with Gasteiger partial charge in [0, 0.05) is 106 Å². The van der Waals surface area contributed by atoms with Gasteiger partial charge in [-0.2, -0.15) is 8.78 Å². The van der Waals surface area contributed by atoms with E-state index in [2.05, 4.69) is 37.0 Å². The van der Waals surface area contributed by atoms with Crippen molar-refractivity contribution in [1.29, 1.82) is 0 Å². The fourth-order valence-electron chi connectivity index (χ4n) is 15.9. The normalized spacial score (nSPS) is 26.3. The molecule has 17 N–H and O–H groups in total. The van der Waals surface area contributed by atoms with E-state index < -0.39 is 244 Å². The Bertz CT molecular complexity index is 5280. The van der Waals surface area contributed by atoms with Gasteiger partial charge in [-0.1, -0.05) is 74.3 Å². The number of hydrogen-bond donors (Lipinski definition) is 16. The molecule has 668 valence electrons. The summed E-state index contributed by atoms with van der Waals surface area (Å²) >= 11 is 14.4. The molecule has 125 heavy (non-hydrogen) atoms. The zero-order valence-corrected chi connectivity index (χ0v) is 70.4. The number of halogens is 4. The van der Waals surface area contributed by atoms with Crippen LogP contribution < -0.4 is 56.7 Å². The van der Waals surface area contributed by atoms with Crippen LogP contribution in [0.15, 0.2) is 122 Å². The molecule has 7 aliphatic heterocycles. The van der Waals surface area contributed by atoms with Crippen LogP contribution in [0.25, 0.3) is 11.1 Å². The van der Waals surface area contributed by atoms with Gasteiger partial charge in [-0.3, -0.25) is 53.6 Å². The van der Waals surface area contributed by atoms with Crippen LogP contribution in [0.3, 0.4) is 0 Å². The Balaban J connectivity index is 1.01. The molecule has 6 aromatic carbocycles. The standard InChI is InChI=1S/C87H97Cl2F2N9O25/c1-9-42(19-38(2)3)80(114)97-71-59(106)26-47(29-66(92)108)81(115)95-69-46-27-63(120-61-17-14-44(73(71)109)24-54(61)88)77(124-85-78(76(112)75(111)65(37-101)122-85)123-67-33-86(5,79(113)39(4)119-67)94-35-41-20-48(36-93-34-41)57(104)22-40-11-10-12-50(21-40)125-87(6,90)91)64(28-46)121-62-18-15-45(25-55(62)89)74(110)72-83(117)96-70(84(118)99-100(7)8)53-30-49(102)31-58(105)68(53)52-23-43(13-16-56(52)103)51(32-60(69)107)82(116)98-72/h10-18,20-21,23-25,27-28,30-31,34,36,38-39,42,47,51,65,67,69-76,78-79,85,94,101-103,105,109-113H,9,19,22,26,29,32-33,35,37H2,1-8H3,(H2,92,108)(H,95,115)(H,96,117)(H,97,114)(H,98,116)(H,99,118). The van der Waals surface area contributed by atoms with Crippen molar-refractivity contribution in [3.63, 3.8) is 0 Å². The summed E-state index contributed by atoms with van der Waals surface area (Å²) in [6, 6.07) is 13.4. The Kier molecular flexibility index (Phi) is 28.9. The zero-order valence-electron chi connectivity index (χ0n) is 68.8. The summed E-state index contributed by atoms with van der Waals surface area (Å²) in [7, 11) is 2.84. The van der Waals surface area contributed by atoms with Crippen LogP contribution >= 0.6 is 23.2 Å². The number of aromatic hydroxyl groups is 3. The monoisotopic (exact) mass is 1780 g/mol. The fraction of sp³-hybridized carbons (Fsp3) is 0.425. The van der Waals surface area contributed by atoms with Crippen molar-refractivity contribution in [1.82, 2.24) is 42.0 Å². The number of nitrogens with two attached hydrogens (primary N) is 1. The van der Waals surface area contributed by atoms with E-state index in [1.807, 2.05) is 13.8 Å². The number of carbonyl (C=O) groups excluding carboxylic acids is 9. The number of primary amides is 1. The van der Waals surface area contributed by atoms with E-state index in [9.17, 15) is 73.9 Å². The topological polar surface area (TPSA) is 515 Å². The quantitative estimate of drug-likeness (QED) is 0.0249. The summed E-state index contributed by atoms with van der Waals surface area (Å²) in [6.45, 7) is 8.09. The highest BCUT2D eigenvalue weighted by Gasteiger charge is 2.53. The summed E-state index contributed by atoms with van der Waals surface area (Å²) in [5.41, 5.74) is 5.80. The Morgan fingerprint density at radius 3 is 2.06 bits per heavy atom. The van der Waals surface area contributed by atoms with Crippen LogP contribution in [0.4, 0.5) is 8.78 Å². The molecule has 0 radical (unpaired) electrons. The molecule has 0 spiro atoms. The Morgan fingerprint density at radius 2 is 1.42 bits per heavy atom. The maximum Gasteiger partial charge on any atom is 0.394 e. The van der Waals surface area contributed by atoms with Gasteiger partial charge in [0.1, 0.15) is 89.2 Å². The van der Waals surface area contributed by atoms with Gasteiger partial charge < -0.3 is 111 Å². The van der Waals surface area contributed by atoms with Crippen LogP contribution in [0.5, 0.6) is 51.7 Å². The van der Waals surface area contributed by atoms with Gasteiger partial charge in [0.25, 0.3) is 5.91 Å². The fourth-order valence-corrected chi connectivity index (χ4v) is 16.4. The second-order valence-electron chi connectivity index (χ2n) is 32.6. The van der Waals surface area contributed by atoms with Crippen LogP contribution in [0.2, 0.25) is 10.0 Å². The van der Waals surface area contributed by atoms with Gasteiger partial charge in [0.15, 0.2) is 41.2 Å².